The van der Waals surface area contributed by atoms with Crippen molar-refractivity contribution in [1.82, 2.24) is 0 Å². The van der Waals surface area contributed by atoms with Crippen LogP contribution in [0.2, 0.25) is 0 Å². The van der Waals surface area contributed by atoms with Crippen LogP contribution in [0.3, 0.4) is 0 Å². The lowest BCUT2D eigenvalue weighted by atomic mass is 9.94. The first kappa shape index (κ1) is 15.5. The van der Waals surface area contributed by atoms with Gasteiger partial charge in [-0.3, -0.25) is 0 Å². The normalized spacial score (nSPS) is 14.2. The Morgan fingerprint density at radius 1 is 1.42 bits per heavy atom. The fraction of sp³-hybridized carbons (Fsp3) is 0.533. The molecule has 19 heavy (non-hydrogen) atoms. The van der Waals surface area contributed by atoms with Gasteiger partial charge in [0.15, 0.2) is 0 Å². The maximum absolute atomic E-state index is 11.1. The van der Waals surface area contributed by atoms with Crippen molar-refractivity contribution in [2.45, 2.75) is 39.7 Å². The van der Waals surface area contributed by atoms with Crippen LogP contribution in [0.25, 0.3) is 0 Å². The van der Waals surface area contributed by atoms with Crippen molar-refractivity contribution in [2.75, 3.05) is 11.9 Å². The standard InChI is InChI=1S/C15H23NO3/c1-10(2)8-15(4,19)9-16-13-7-11(3)5-6-12(13)14(17)18/h5-7,10,16,19H,8-9H2,1-4H3,(H,17,18). The summed E-state index contributed by atoms with van der Waals surface area (Å²) >= 11 is 0. The molecule has 1 rings (SSSR count). The molecular weight excluding hydrogens is 242 g/mol. The smallest absolute Gasteiger partial charge is 0.337 e. The van der Waals surface area contributed by atoms with Crippen molar-refractivity contribution in [3.05, 3.63) is 29.3 Å². The second kappa shape index (κ2) is 6.06. The first-order valence-electron chi connectivity index (χ1n) is 6.51. The maximum atomic E-state index is 11.1. The lowest BCUT2D eigenvalue weighted by Crippen LogP contribution is -2.35. The Morgan fingerprint density at radius 2 is 2.05 bits per heavy atom. The van der Waals surface area contributed by atoms with Crippen molar-refractivity contribution in [3.8, 4) is 0 Å². The first-order valence-corrected chi connectivity index (χ1v) is 6.51. The highest BCUT2D eigenvalue weighted by molar-refractivity contribution is 5.94. The third-order valence-corrected chi connectivity index (χ3v) is 2.91. The summed E-state index contributed by atoms with van der Waals surface area (Å²) in [6, 6.07) is 5.13. The SMILES string of the molecule is Cc1ccc(C(=O)O)c(NCC(C)(O)CC(C)C)c1. The molecule has 0 aromatic heterocycles. The third-order valence-electron chi connectivity index (χ3n) is 2.91. The molecule has 0 aliphatic rings. The van der Waals surface area contributed by atoms with Crippen molar-refractivity contribution in [2.24, 2.45) is 5.92 Å². The van der Waals surface area contributed by atoms with Crippen LogP contribution in [0.5, 0.6) is 0 Å². The van der Waals surface area contributed by atoms with Gasteiger partial charge < -0.3 is 15.5 Å². The third kappa shape index (κ3) is 4.91. The molecular formula is C15H23NO3. The molecule has 0 amide bonds. The second-order valence-corrected chi connectivity index (χ2v) is 5.80. The number of hydrogen-bond acceptors (Lipinski definition) is 3. The van der Waals surface area contributed by atoms with Crippen molar-refractivity contribution >= 4 is 11.7 Å². The van der Waals surface area contributed by atoms with Crippen molar-refractivity contribution in [3.63, 3.8) is 0 Å². The first-order chi connectivity index (χ1) is 8.71. The molecule has 4 nitrogen and oxygen atoms in total. The molecule has 0 bridgehead atoms. The summed E-state index contributed by atoms with van der Waals surface area (Å²) in [6.07, 6.45) is 0.661. The van der Waals surface area contributed by atoms with E-state index in [-0.39, 0.29) is 5.56 Å². The molecule has 0 aliphatic carbocycles. The van der Waals surface area contributed by atoms with Crippen molar-refractivity contribution < 1.29 is 15.0 Å². The quantitative estimate of drug-likeness (QED) is 0.739. The van der Waals surface area contributed by atoms with Crippen LogP contribution in [0.4, 0.5) is 5.69 Å². The summed E-state index contributed by atoms with van der Waals surface area (Å²) in [7, 11) is 0. The van der Waals surface area contributed by atoms with Crippen LogP contribution in [-0.2, 0) is 0 Å². The minimum atomic E-state index is -0.967. The molecule has 0 fully saturated rings. The number of aromatic carboxylic acids is 1. The van der Waals surface area contributed by atoms with Gasteiger partial charge in [-0.15, -0.1) is 0 Å². The zero-order chi connectivity index (χ0) is 14.6. The summed E-state index contributed by atoms with van der Waals surface area (Å²) in [6.45, 7) is 8.09. The van der Waals surface area contributed by atoms with Gasteiger partial charge in [-0.05, 0) is 43.9 Å². The fourth-order valence-corrected chi connectivity index (χ4v) is 2.23. The molecule has 3 N–H and O–H groups in total. The Labute approximate surface area is 114 Å². The Morgan fingerprint density at radius 3 is 2.58 bits per heavy atom. The van der Waals surface area contributed by atoms with Gasteiger partial charge >= 0.3 is 5.97 Å². The number of carboxylic acid groups (broad SMARTS) is 1. The Bertz CT molecular complexity index is 453. The van der Waals surface area contributed by atoms with Crippen LogP contribution in [0, 0.1) is 12.8 Å². The lowest BCUT2D eigenvalue weighted by Gasteiger charge is -2.26. The number of hydrogen-bond donors (Lipinski definition) is 3. The molecule has 1 aromatic rings. The average molecular weight is 265 g/mol. The van der Waals surface area contributed by atoms with Crippen molar-refractivity contribution in [1.29, 1.82) is 0 Å². The molecule has 1 atom stereocenters. The van der Waals surface area contributed by atoms with Crippen LogP contribution < -0.4 is 5.32 Å². The highest BCUT2D eigenvalue weighted by atomic mass is 16.4. The molecule has 0 radical (unpaired) electrons. The molecule has 106 valence electrons. The van der Waals surface area contributed by atoms with E-state index in [0.717, 1.165) is 5.56 Å². The average Bonchev–Trinajstić information content (AvgIpc) is 2.24. The number of carbonyl (C=O) groups is 1. The molecule has 0 aliphatic heterocycles. The zero-order valence-corrected chi connectivity index (χ0v) is 12.0. The largest absolute Gasteiger partial charge is 0.478 e. The Balaban J connectivity index is 2.82. The van der Waals surface area contributed by atoms with Gasteiger partial charge in [-0.1, -0.05) is 19.9 Å². The Hall–Kier alpha value is -1.55. The van der Waals surface area contributed by atoms with Gasteiger partial charge in [0.2, 0.25) is 0 Å². The van der Waals surface area contributed by atoms with Gasteiger partial charge in [-0.25, -0.2) is 4.79 Å². The molecule has 0 saturated heterocycles. The monoisotopic (exact) mass is 265 g/mol. The number of rotatable bonds is 6. The molecule has 0 heterocycles. The van der Waals surface area contributed by atoms with Crippen LogP contribution in [0.1, 0.15) is 43.1 Å². The summed E-state index contributed by atoms with van der Waals surface area (Å²) in [5.41, 5.74) is 0.909. The Kier molecular flexibility index (Phi) is 4.95. The number of benzene rings is 1. The van der Waals surface area contributed by atoms with Crippen LogP contribution in [0.15, 0.2) is 18.2 Å². The maximum Gasteiger partial charge on any atom is 0.337 e. The summed E-state index contributed by atoms with van der Waals surface area (Å²) in [5, 5.41) is 22.4. The molecule has 4 heteroatoms. The number of nitrogens with one attached hydrogen (secondary N) is 1. The van der Waals surface area contributed by atoms with Gasteiger partial charge in [0.05, 0.1) is 11.2 Å². The van der Waals surface area contributed by atoms with E-state index in [4.69, 9.17) is 5.11 Å². The van der Waals surface area contributed by atoms with E-state index >= 15 is 0 Å². The van der Waals surface area contributed by atoms with E-state index < -0.39 is 11.6 Å². The van der Waals surface area contributed by atoms with E-state index in [1.54, 1.807) is 25.1 Å². The minimum Gasteiger partial charge on any atom is -0.478 e. The molecule has 1 aromatic carbocycles. The number of carboxylic acids is 1. The van der Waals surface area contributed by atoms with E-state index in [1.165, 1.54) is 0 Å². The van der Waals surface area contributed by atoms with E-state index in [0.29, 0.717) is 24.6 Å². The predicted octanol–water partition coefficient (Wildman–Crippen LogP) is 2.90. The van der Waals surface area contributed by atoms with E-state index in [2.05, 4.69) is 5.32 Å². The van der Waals surface area contributed by atoms with Gasteiger partial charge in [0, 0.05) is 12.2 Å². The lowest BCUT2D eigenvalue weighted by molar-refractivity contribution is 0.0513. The highest BCUT2D eigenvalue weighted by Gasteiger charge is 2.22. The number of anilines is 1. The van der Waals surface area contributed by atoms with Gasteiger partial charge in [0.25, 0.3) is 0 Å². The highest BCUT2D eigenvalue weighted by Crippen LogP contribution is 2.21. The minimum absolute atomic E-state index is 0.228. The second-order valence-electron chi connectivity index (χ2n) is 5.80. The molecule has 0 saturated carbocycles. The summed E-state index contributed by atoms with van der Waals surface area (Å²) < 4.78 is 0. The summed E-state index contributed by atoms with van der Waals surface area (Å²) in [4.78, 5) is 11.1. The molecule has 1 unspecified atom stereocenters. The molecule has 0 spiro atoms. The predicted molar refractivity (Wildman–Crippen MR) is 76.7 cm³/mol. The zero-order valence-electron chi connectivity index (χ0n) is 12.0. The number of aliphatic hydroxyl groups is 1. The van der Waals surface area contributed by atoms with E-state index in [1.807, 2.05) is 20.8 Å². The van der Waals surface area contributed by atoms with Gasteiger partial charge in [-0.2, -0.15) is 0 Å². The van der Waals surface area contributed by atoms with Crippen LogP contribution in [-0.4, -0.2) is 28.3 Å². The number of aryl methyl sites for hydroxylation is 1. The van der Waals surface area contributed by atoms with Gasteiger partial charge in [0.1, 0.15) is 0 Å². The summed E-state index contributed by atoms with van der Waals surface area (Å²) in [5.74, 6) is -0.584. The topological polar surface area (TPSA) is 69.6 Å². The van der Waals surface area contributed by atoms with Crippen LogP contribution >= 0.6 is 0 Å². The fourth-order valence-electron chi connectivity index (χ4n) is 2.23. The van der Waals surface area contributed by atoms with E-state index in [9.17, 15) is 9.90 Å².